The maximum Gasteiger partial charge on any atom is 0.242 e. The number of ether oxygens (including phenoxy) is 1. The lowest BCUT2D eigenvalue weighted by Gasteiger charge is -2.29. The van der Waals surface area contributed by atoms with Gasteiger partial charge in [0.15, 0.2) is 0 Å². The van der Waals surface area contributed by atoms with Crippen LogP contribution in [0.5, 0.6) is 5.75 Å². The minimum absolute atomic E-state index is 0.0767. The average molecular weight is 383 g/mol. The lowest BCUT2D eigenvalue weighted by atomic mass is 10.1. The Balaban J connectivity index is 2.18. The van der Waals surface area contributed by atoms with E-state index in [0.717, 1.165) is 29.7 Å². The van der Waals surface area contributed by atoms with Gasteiger partial charge in [-0.15, -0.1) is 0 Å². The molecule has 0 radical (unpaired) electrons. The Labute approximate surface area is 167 Å². The van der Waals surface area contributed by atoms with E-state index in [0.29, 0.717) is 13.1 Å². The van der Waals surface area contributed by atoms with Gasteiger partial charge >= 0.3 is 0 Å². The van der Waals surface area contributed by atoms with Crippen LogP contribution < -0.4 is 10.1 Å². The first-order chi connectivity index (χ1) is 13.5. The van der Waals surface area contributed by atoms with E-state index in [-0.39, 0.29) is 18.2 Å². The molecule has 0 bridgehead atoms. The van der Waals surface area contributed by atoms with Gasteiger partial charge in [-0.3, -0.25) is 9.59 Å². The van der Waals surface area contributed by atoms with Crippen molar-refractivity contribution in [2.45, 2.75) is 45.7 Å². The normalized spacial score (nSPS) is 11.5. The minimum Gasteiger partial charge on any atom is -0.497 e. The van der Waals surface area contributed by atoms with Crippen molar-refractivity contribution < 1.29 is 14.3 Å². The van der Waals surface area contributed by atoms with E-state index in [4.69, 9.17) is 4.74 Å². The number of nitrogens with one attached hydrogen (secondary N) is 1. The molecule has 28 heavy (non-hydrogen) atoms. The largest absolute Gasteiger partial charge is 0.497 e. The SMILES string of the molecule is CCCCNC(=O)[C@H](C)N(Cc1cccc(OC)c1)C(=O)Cc1ccccc1. The number of benzene rings is 2. The number of nitrogens with zero attached hydrogens (tertiary/aromatic N) is 1. The number of rotatable bonds is 10. The second kappa shape index (κ2) is 11.1. The van der Waals surface area contributed by atoms with E-state index in [1.54, 1.807) is 18.9 Å². The van der Waals surface area contributed by atoms with Crippen molar-refractivity contribution in [1.82, 2.24) is 10.2 Å². The van der Waals surface area contributed by atoms with E-state index in [9.17, 15) is 9.59 Å². The van der Waals surface area contributed by atoms with Crippen molar-refractivity contribution in [3.63, 3.8) is 0 Å². The molecule has 150 valence electrons. The molecule has 0 saturated heterocycles. The molecule has 0 saturated carbocycles. The first kappa shape index (κ1) is 21.5. The monoisotopic (exact) mass is 382 g/mol. The average Bonchev–Trinajstić information content (AvgIpc) is 2.72. The number of hydrogen-bond donors (Lipinski definition) is 1. The van der Waals surface area contributed by atoms with Gasteiger partial charge in [0.05, 0.1) is 13.5 Å². The van der Waals surface area contributed by atoms with Gasteiger partial charge in [-0.1, -0.05) is 55.8 Å². The van der Waals surface area contributed by atoms with Crippen LogP contribution in [0, 0.1) is 0 Å². The highest BCUT2D eigenvalue weighted by molar-refractivity contribution is 5.88. The predicted octanol–water partition coefficient (Wildman–Crippen LogP) is 3.57. The molecule has 0 aliphatic carbocycles. The Hall–Kier alpha value is -2.82. The molecule has 0 aliphatic heterocycles. The van der Waals surface area contributed by atoms with Gasteiger partial charge in [0.2, 0.25) is 11.8 Å². The molecule has 1 N–H and O–H groups in total. The maximum absolute atomic E-state index is 13.1. The third-order valence-corrected chi connectivity index (χ3v) is 4.68. The molecule has 0 unspecified atom stereocenters. The van der Waals surface area contributed by atoms with E-state index in [1.807, 2.05) is 54.6 Å². The van der Waals surface area contributed by atoms with Crippen LogP contribution in [0.2, 0.25) is 0 Å². The van der Waals surface area contributed by atoms with Gasteiger partial charge in [-0.05, 0) is 36.6 Å². The molecule has 0 fully saturated rings. The van der Waals surface area contributed by atoms with Crippen molar-refractivity contribution in [2.24, 2.45) is 0 Å². The summed E-state index contributed by atoms with van der Waals surface area (Å²) in [4.78, 5) is 27.3. The molecule has 0 aliphatic rings. The van der Waals surface area contributed by atoms with Crippen molar-refractivity contribution in [1.29, 1.82) is 0 Å². The lowest BCUT2D eigenvalue weighted by Crippen LogP contribution is -2.48. The smallest absolute Gasteiger partial charge is 0.242 e. The Kier molecular flexibility index (Phi) is 8.53. The van der Waals surface area contributed by atoms with Gasteiger partial charge in [0.1, 0.15) is 11.8 Å². The Bertz CT molecular complexity index is 761. The van der Waals surface area contributed by atoms with Crippen LogP contribution in [0.25, 0.3) is 0 Å². The molecule has 2 amide bonds. The molecule has 0 aromatic heterocycles. The topological polar surface area (TPSA) is 58.6 Å². The summed E-state index contributed by atoms with van der Waals surface area (Å²) in [6, 6.07) is 16.6. The summed E-state index contributed by atoms with van der Waals surface area (Å²) in [5.74, 6) is 0.526. The van der Waals surface area contributed by atoms with Gasteiger partial charge in [-0.25, -0.2) is 0 Å². The first-order valence-corrected chi connectivity index (χ1v) is 9.79. The fourth-order valence-corrected chi connectivity index (χ4v) is 2.96. The molecule has 2 aromatic carbocycles. The number of hydrogen-bond acceptors (Lipinski definition) is 3. The highest BCUT2D eigenvalue weighted by atomic mass is 16.5. The second-order valence-electron chi connectivity index (χ2n) is 6.86. The summed E-state index contributed by atoms with van der Waals surface area (Å²) >= 11 is 0. The molecular weight excluding hydrogens is 352 g/mol. The van der Waals surface area contributed by atoms with E-state index < -0.39 is 6.04 Å². The fourth-order valence-electron chi connectivity index (χ4n) is 2.96. The zero-order chi connectivity index (χ0) is 20.4. The molecular formula is C23H30N2O3. The Morgan fingerprint density at radius 3 is 2.46 bits per heavy atom. The predicted molar refractivity (Wildman–Crippen MR) is 111 cm³/mol. The first-order valence-electron chi connectivity index (χ1n) is 9.79. The van der Waals surface area contributed by atoms with Crippen LogP contribution >= 0.6 is 0 Å². The van der Waals surface area contributed by atoms with Gasteiger partial charge in [0.25, 0.3) is 0 Å². The van der Waals surface area contributed by atoms with Crippen LogP contribution in [-0.4, -0.2) is 36.4 Å². The molecule has 0 heterocycles. The van der Waals surface area contributed by atoms with E-state index in [1.165, 1.54) is 0 Å². The summed E-state index contributed by atoms with van der Waals surface area (Å²) in [6.07, 6.45) is 2.19. The number of methoxy groups -OCH3 is 1. The third kappa shape index (κ3) is 6.41. The van der Waals surface area contributed by atoms with E-state index in [2.05, 4.69) is 12.2 Å². The zero-order valence-corrected chi connectivity index (χ0v) is 17.0. The van der Waals surface area contributed by atoms with Crippen LogP contribution in [0.3, 0.4) is 0 Å². The second-order valence-corrected chi connectivity index (χ2v) is 6.86. The quantitative estimate of drug-likeness (QED) is 0.639. The summed E-state index contributed by atoms with van der Waals surface area (Å²) in [5.41, 5.74) is 1.86. The molecule has 5 nitrogen and oxygen atoms in total. The highest BCUT2D eigenvalue weighted by Crippen LogP contribution is 2.17. The van der Waals surface area contributed by atoms with Gasteiger partial charge < -0.3 is 15.0 Å². The van der Waals surface area contributed by atoms with Crippen molar-refractivity contribution in [3.8, 4) is 5.75 Å². The van der Waals surface area contributed by atoms with Crippen molar-refractivity contribution in [3.05, 3.63) is 65.7 Å². The maximum atomic E-state index is 13.1. The third-order valence-electron chi connectivity index (χ3n) is 4.68. The Morgan fingerprint density at radius 1 is 1.07 bits per heavy atom. The lowest BCUT2D eigenvalue weighted by molar-refractivity contribution is -0.140. The summed E-state index contributed by atoms with van der Waals surface area (Å²) in [7, 11) is 1.61. The van der Waals surface area contributed by atoms with Crippen LogP contribution in [-0.2, 0) is 22.6 Å². The van der Waals surface area contributed by atoms with Crippen molar-refractivity contribution in [2.75, 3.05) is 13.7 Å². The van der Waals surface area contributed by atoms with Crippen molar-refractivity contribution >= 4 is 11.8 Å². The van der Waals surface area contributed by atoms with Crippen LogP contribution in [0.1, 0.15) is 37.8 Å². The standard InChI is InChI=1S/C23H30N2O3/c1-4-5-14-24-23(27)18(2)25(17-20-12-9-13-21(15-20)28-3)22(26)16-19-10-7-6-8-11-19/h6-13,15,18H,4-5,14,16-17H2,1-3H3,(H,24,27)/t18-/m0/s1. The minimum atomic E-state index is -0.556. The number of amides is 2. The molecule has 1 atom stereocenters. The summed E-state index contributed by atoms with van der Waals surface area (Å²) in [5, 5.41) is 2.93. The number of carbonyl (C=O) groups is 2. The summed E-state index contributed by atoms with van der Waals surface area (Å²) in [6.45, 7) is 4.84. The Morgan fingerprint density at radius 2 is 1.79 bits per heavy atom. The van der Waals surface area contributed by atoms with Crippen LogP contribution in [0.15, 0.2) is 54.6 Å². The zero-order valence-electron chi connectivity index (χ0n) is 17.0. The van der Waals surface area contributed by atoms with Gasteiger partial charge in [0, 0.05) is 13.1 Å². The summed E-state index contributed by atoms with van der Waals surface area (Å²) < 4.78 is 5.28. The van der Waals surface area contributed by atoms with E-state index >= 15 is 0 Å². The van der Waals surface area contributed by atoms with Gasteiger partial charge in [-0.2, -0.15) is 0 Å². The highest BCUT2D eigenvalue weighted by Gasteiger charge is 2.26. The number of carbonyl (C=O) groups excluding carboxylic acids is 2. The molecule has 0 spiro atoms. The fraction of sp³-hybridized carbons (Fsp3) is 0.391. The molecule has 2 aromatic rings. The molecule has 2 rings (SSSR count). The van der Waals surface area contributed by atoms with Crippen LogP contribution in [0.4, 0.5) is 0 Å². The molecule has 5 heteroatoms. The number of unbranched alkanes of at least 4 members (excludes halogenated alkanes) is 1.